The molecule has 1 N–H and O–H groups in total. The fraction of sp³-hybridized carbons (Fsp3) is 1.00. The SMILES string of the molecule is CC(C)(C)NCCN1CCCSCC1. The largest absolute Gasteiger partial charge is 0.311 e. The van der Waals surface area contributed by atoms with Gasteiger partial charge < -0.3 is 10.2 Å². The van der Waals surface area contributed by atoms with E-state index in [2.05, 4.69) is 42.7 Å². The van der Waals surface area contributed by atoms with Gasteiger partial charge in [0, 0.05) is 30.9 Å². The van der Waals surface area contributed by atoms with Gasteiger partial charge in [-0.2, -0.15) is 11.8 Å². The summed E-state index contributed by atoms with van der Waals surface area (Å²) >= 11 is 2.10. The average Bonchev–Trinajstić information content (AvgIpc) is 2.30. The Balaban J connectivity index is 2.10. The monoisotopic (exact) mass is 216 g/mol. The van der Waals surface area contributed by atoms with Gasteiger partial charge in [-0.05, 0) is 39.5 Å². The molecule has 0 radical (unpaired) electrons. The van der Waals surface area contributed by atoms with E-state index in [1.807, 2.05) is 0 Å². The van der Waals surface area contributed by atoms with Crippen molar-refractivity contribution in [3.8, 4) is 0 Å². The van der Waals surface area contributed by atoms with Gasteiger partial charge in [-0.25, -0.2) is 0 Å². The zero-order valence-electron chi connectivity index (χ0n) is 9.81. The van der Waals surface area contributed by atoms with Gasteiger partial charge in [0.15, 0.2) is 0 Å². The van der Waals surface area contributed by atoms with E-state index in [1.54, 1.807) is 0 Å². The summed E-state index contributed by atoms with van der Waals surface area (Å²) in [5, 5.41) is 3.54. The molecule has 1 aliphatic heterocycles. The highest BCUT2D eigenvalue weighted by molar-refractivity contribution is 7.99. The highest BCUT2D eigenvalue weighted by atomic mass is 32.2. The molecule has 84 valence electrons. The summed E-state index contributed by atoms with van der Waals surface area (Å²) < 4.78 is 0. The minimum atomic E-state index is 0.264. The first-order chi connectivity index (χ1) is 6.58. The van der Waals surface area contributed by atoms with Crippen molar-refractivity contribution in [2.45, 2.75) is 32.7 Å². The van der Waals surface area contributed by atoms with Crippen LogP contribution in [0.15, 0.2) is 0 Å². The van der Waals surface area contributed by atoms with E-state index in [-0.39, 0.29) is 5.54 Å². The van der Waals surface area contributed by atoms with Gasteiger partial charge in [-0.3, -0.25) is 0 Å². The minimum absolute atomic E-state index is 0.264. The maximum atomic E-state index is 3.54. The third kappa shape index (κ3) is 5.89. The predicted molar refractivity (Wildman–Crippen MR) is 66.1 cm³/mol. The first-order valence-corrected chi connectivity index (χ1v) is 6.78. The minimum Gasteiger partial charge on any atom is -0.311 e. The molecule has 0 aromatic heterocycles. The predicted octanol–water partition coefficient (Wildman–Crippen LogP) is 1.81. The van der Waals surface area contributed by atoms with Crippen LogP contribution in [-0.4, -0.2) is 48.1 Å². The standard InChI is InChI=1S/C11H24N2S/c1-11(2,3)12-5-7-13-6-4-9-14-10-8-13/h12H,4-10H2,1-3H3. The summed E-state index contributed by atoms with van der Waals surface area (Å²) in [5.74, 6) is 2.67. The number of rotatable bonds is 3. The second-order valence-electron chi connectivity index (χ2n) is 4.98. The van der Waals surface area contributed by atoms with Crippen LogP contribution in [0, 0.1) is 0 Å². The van der Waals surface area contributed by atoms with E-state index < -0.39 is 0 Å². The molecule has 0 amide bonds. The lowest BCUT2D eigenvalue weighted by Crippen LogP contribution is -2.41. The maximum Gasteiger partial charge on any atom is 0.0107 e. The molecule has 1 heterocycles. The molecule has 0 bridgehead atoms. The van der Waals surface area contributed by atoms with E-state index in [1.165, 1.54) is 37.6 Å². The molecule has 1 aliphatic rings. The lowest BCUT2D eigenvalue weighted by molar-refractivity contribution is 0.279. The number of nitrogens with one attached hydrogen (secondary N) is 1. The van der Waals surface area contributed by atoms with Crippen molar-refractivity contribution in [3.05, 3.63) is 0 Å². The van der Waals surface area contributed by atoms with Gasteiger partial charge in [0.1, 0.15) is 0 Å². The smallest absolute Gasteiger partial charge is 0.0107 e. The van der Waals surface area contributed by atoms with E-state index in [0.29, 0.717) is 0 Å². The second-order valence-corrected chi connectivity index (χ2v) is 6.21. The molecular formula is C11H24N2S. The van der Waals surface area contributed by atoms with Gasteiger partial charge in [-0.15, -0.1) is 0 Å². The van der Waals surface area contributed by atoms with Crippen LogP contribution in [0.5, 0.6) is 0 Å². The van der Waals surface area contributed by atoms with E-state index in [4.69, 9.17) is 0 Å². The molecule has 0 aromatic carbocycles. The molecule has 0 aromatic rings. The van der Waals surface area contributed by atoms with Gasteiger partial charge in [0.2, 0.25) is 0 Å². The second kappa shape index (κ2) is 5.99. The Morgan fingerprint density at radius 3 is 2.71 bits per heavy atom. The summed E-state index contributed by atoms with van der Waals surface area (Å²) in [4.78, 5) is 2.58. The molecule has 0 atom stereocenters. The number of hydrogen-bond donors (Lipinski definition) is 1. The Morgan fingerprint density at radius 1 is 1.21 bits per heavy atom. The van der Waals surface area contributed by atoms with Crippen LogP contribution in [0.4, 0.5) is 0 Å². The van der Waals surface area contributed by atoms with Crippen molar-refractivity contribution in [1.82, 2.24) is 10.2 Å². The summed E-state index contributed by atoms with van der Waals surface area (Å²) in [5.41, 5.74) is 0.264. The average molecular weight is 216 g/mol. The van der Waals surface area contributed by atoms with E-state index in [0.717, 1.165) is 6.54 Å². The third-order valence-corrected chi connectivity index (χ3v) is 3.45. The number of hydrogen-bond acceptors (Lipinski definition) is 3. The maximum absolute atomic E-state index is 3.54. The molecule has 3 heteroatoms. The van der Waals surface area contributed by atoms with Crippen LogP contribution >= 0.6 is 11.8 Å². The van der Waals surface area contributed by atoms with E-state index >= 15 is 0 Å². The fourth-order valence-corrected chi connectivity index (χ4v) is 2.54. The van der Waals surface area contributed by atoms with Gasteiger partial charge in [0.05, 0.1) is 0 Å². The van der Waals surface area contributed by atoms with Gasteiger partial charge >= 0.3 is 0 Å². The molecule has 1 rings (SSSR count). The molecule has 0 aliphatic carbocycles. The van der Waals surface area contributed by atoms with Gasteiger partial charge in [0.25, 0.3) is 0 Å². The Kier molecular flexibility index (Phi) is 5.28. The van der Waals surface area contributed by atoms with Crippen LogP contribution in [0.25, 0.3) is 0 Å². The first kappa shape index (κ1) is 12.3. The van der Waals surface area contributed by atoms with Crippen LogP contribution < -0.4 is 5.32 Å². The molecule has 14 heavy (non-hydrogen) atoms. The molecule has 1 saturated heterocycles. The quantitative estimate of drug-likeness (QED) is 0.774. The first-order valence-electron chi connectivity index (χ1n) is 5.63. The topological polar surface area (TPSA) is 15.3 Å². The lowest BCUT2D eigenvalue weighted by atomic mass is 10.1. The summed E-state index contributed by atoms with van der Waals surface area (Å²) in [6.45, 7) is 11.6. The van der Waals surface area contributed by atoms with Crippen molar-refractivity contribution < 1.29 is 0 Å². The van der Waals surface area contributed by atoms with Crippen LogP contribution in [0.1, 0.15) is 27.2 Å². The normalized spacial score (nSPS) is 20.8. The summed E-state index contributed by atoms with van der Waals surface area (Å²) in [7, 11) is 0. The molecule has 0 unspecified atom stereocenters. The summed E-state index contributed by atoms with van der Waals surface area (Å²) in [6.07, 6.45) is 1.36. The molecule has 0 saturated carbocycles. The Labute approximate surface area is 92.8 Å². The highest BCUT2D eigenvalue weighted by Crippen LogP contribution is 2.09. The lowest BCUT2D eigenvalue weighted by Gasteiger charge is -2.24. The zero-order valence-corrected chi connectivity index (χ0v) is 10.6. The van der Waals surface area contributed by atoms with Crippen molar-refractivity contribution in [3.63, 3.8) is 0 Å². The number of nitrogens with zero attached hydrogens (tertiary/aromatic N) is 1. The zero-order chi connectivity index (χ0) is 10.4. The highest BCUT2D eigenvalue weighted by Gasteiger charge is 2.11. The van der Waals surface area contributed by atoms with Crippen molar-refractivity contribution in [2.75, 3.05) is 37.7 Å². The van der Waals surface area contributed by atoms with Gasteiger partial charge in [-0.1, -0.05) is 0 Å². The Bertz CT molecular complexity index is 146. The molecule has 2 nitrogen and oxygen atoms in total. The fourth-order valence-electron chi connectivity index (χ4n) is 1.61. The van der Waals surface area contributed by atoms with E-state index in [9.17, 15) is 0 Å². The Morgan fingerprint density at radius 2 is 2.00 bits per heavy atom. The van der Waals surface area contributed by atoms with Crippen molar-refractivity contribution >= 4 is 11.8 Å². The van der Waals surface area contributed by atoms with Crippen LogP contribution in [0.3, 0.4) is 0 Å². The van der Waals surface area contributed by atoms with Crippen LogP contribution in [0.2, 0.25) is 0 Å². The molecule has 0 spiro atoms. The molecular weight excluding hydrogens is 192 g/mol. The third-order valence-electron chi connectivity index (χ3n) is 2.40. The van der Waals surface area contributed by atoms with Crippen LogP contribution in [-0.2, 0) is 0 Å². The molecule has 1 fully saturated rings. The summed E-state index contributed by atoms with van der Waals surface area (Å²) in [6, 6.07) is 0. The Hall–Kier alpha value is 0.270. The number of thioether (sulfide) groups is 1. The van der Waals surface area contributed by atoms with Crippen molar-refractivity contribution in [2.24, 2.45) is 0 Å². The van der Waals surface area contributed by atoms with Crippen molar-refractivity contribution in [1.29, 1.82) is 0 Å².